The van der Waals surface area contributed by atoms with Crippen LogP contribution in [0.3, 0.4) is 0 Å². The molecule has 2 atom stereocenters. The molecule has 2 fully saturated rings. The summed E-state index contributed by atoms with van der Waals surface area (Å²) >= 11 is 0. The van der Waals surface area contributed by atoms with Gasteiger partial charge in [-0.2, -0.15) is 13.2 Å². The molecule has 0 aliphatic carbocycles. The molecule has 0 spiro atoms. The van der Waals surface area contributed by atoms with Gasteiger partial charge in [0.05, 0.1) is 6.20 Å². The number of carboxylic acids is 1. The highest BCUT2D eigenvalue weighted by Crippen LogP contribution is 2.32. The molecule has 1 amide bonds. The summed E-state index contributed by atoms with van der Waals surface area (Å²) in [4.78, 5) is 38.0. The van der Waals surface area contributed by atoms with Gasteiger partial charge in [-0.05, 0) is 23.5 Å². The van der Waals surface area contributed by atoms with E-state index < -0.39 is 12.1 Å². The molecular weight excluding hydrogens is 403 g/mol. The van der Waals surface area contributed by atoms with Gasteiger partial charge in [0.25, 0.3) is 5.91 Å². The standard InChI is InChI=1S/C17H19N5O.C2HF3O2/c23-17(16-7-19-4-5-20-16)22-11-14-9-21(10-15(14)12-22)8-13-2-1-3-18-6-13;3-2(4,5)1(6)7/h1-7,14-15H,8-12H2;(H,6,7)/t14-,15+;. The maximum absolute atomic E-state index is 12.5. The molecule has 0 aromatic carbocycles. The fourth-order valence-electron chi connectivity index (χ4n) is 3.71. The molecule has 1 N–H and O–H groups in total. The number of pyridine rings is 1. The number of rotatable bonds is 3. The van der Waals surface area contributed by atoms with Crippen LogP contribution >= 0.6 is 0 Å². The second-order valence-electron chi connectivity index (χ2n) is 7.18. The first-order valence-electron chi connectivity index (χ1n) is 9.20. The van der Waals surface area contributed by atoms with Gasteiger partial charge in [-0.1, -0.05) is 6.07 Å². The van der Waals surface area contributed by atoms with E-state index in [4.69, 9.17) is 9.90 Å². The minimum absolute atomic E-state index is 0.00584. The van der Waals surface area contributed by atoms with Gasteiger partial charge >= 0.3 is 12.1 Å². The summed E-state index contributed by atoms with van der Waals surface area (Å²) in [5, 5.41) is 7.12. The molecule has 0 saturated carbocycles. The van der Waals surface area contributed by atoms with Crippen molar-refractivity contribution in [3.05, 3.63) is 54.4 Å². The Hall–Kier alpha value is -3.08. The quantitative estimate of drug-likeness (QED) is 0.802. The zero-order valence-corrected chi connectivity index (χ0v) is 15.9. The average Bonchev–Trinajstić information content (AvgIpc) is 3.27. The Labute approximate surface area is 170 Å². The molecule has 2 saturated heterocycles. The molecule has 160 valence electrons. The summed E-state index contributed by atoms with van der Waals surface area (Å²) in [7, 11) is 0. The van der Waals surface area contributed by atoms with Crippen LogP contribution in [-0.2, 0) is 11.3 Å². The van der Waals surface area contributed by atoms with Gasteiger partial charge in [0.2, 0.25) is 0 Å². The Morgan fingerprint density at radius 1 is 1.03 bits per heavy atom. The van der Waals surface area contributed by atoms with E-state index in [1.165, 1.54) is 5.56 Å². The van der Waals surface area contributed by atoms with E-state index in [0.717, 1.165) is 32.7 Å². The smallest absolute Gasteiger partial charge is 0.475 e. The first-order chi connectivity index (χ1) is 14.2. The van der Waals surface area contributed by atoms with Crippen molar-refractivity contribution in [3.63, 3.8) is 0 Å². The molecule has 2 aliphatic rings. The van der Waals surface area contributed by atoms with Crippen molar-refractivity contribution in [2.45, 2.75) is 12.7 Å². The molecule has 4 heterocycles. The van der Waals surface area contributed by atoms with Crippen LogP contribution in [0.15, 0.2) is 43.1 Å². The van der Waals surface area contributed by atoms with E-state index >= 15 is 0 Å². The molecule has 4 rings (SSSR count). The van der Waals surface area contributed by atoms with E-state index in [-0.39, 0.29) is 5.91 Å². The first kappa shape index (κ1) is 21.6. The number of carbonyl (C=O) groups is 2. The van der Waals surface area contributed by atoms with Crippen LogP contribution in [0.4, 0.5) is 13.2 Å². The van der Waals surface area contributed by atoms with Crippen LogP contribution in [0, 0.1) is 11.8 Å². The second kappa shape index (κ2) is 9.16. The number of alkyl halides is 3. The zero-order valence-electron chi connectivity index (χ0n) is 15.9. The SMILES string of the molecule is O=C(O)C(F)(F)F.O=C(c1cnccn1)N1C[C@H]2CN(Cc3cccnc3)C[C@H]2C1. The number of carboxylic acid groups (broad SMARTS) is 1. The van der Waals surface area contributed by atoms with Crippen LogP contribution in [0.1, 0.15) is 16.1 Å². The van der Waals surface area contributed by atoms with Gasteiger partial charge in [0, 0.05) is 57.5 Å². The third-order valence-corrected chi connectivity index (χ3v) is 5.00. The summed E-state index contributed by atoms with van der Waals surface area (Å²) in [5.74, 6) is -1.63. The van der Waals surface area contributed by atoms with Gasteiger partial charge in [-0.3, -0.25) is 19.7 Å². The fraction of sp³-hybridized carbons (Fsp3) is 0.421. The van der Waals surface area contributed by atoms with E-state index in [2.05, 4.69) is 25.9 Å². The maximum Gasteiger partial charge on any atom is 0.490 e. The first-order valence-corrected chi connectivity index (χ1v) is 9.20. The zero-order chi connectivity index (χ0) is 21.7. The highest BCUT2D eigenvalue weighted by atomic mass is 19.4. The van der Waals surface area contributed by atoms with Crippen molar-refractivity contribution in [3.8, 4) is 0 Å². The van der Waals surface area contributed by atoms with Gasteiger partial charge in [0.15, 0.2) is 0 Å². The number of halogens is 3. The number of likely N-dealkylation sites (tertiary alicyclic amines) is 2. The number of hydrogen-bond donors (Lipinski definition) is 1. The van der Waals surface area contributed by atoms with Gasteiger partial charge < -0.3 is 10.0 Å². The number of aromatic nitrogens is 3. The Balaban J connectivity index is 0.000000318. The molecule has 11 heteroatoms. The highest BCUT2D eigenvalue weighted by molar-refractivity contribution is 5.92. The third kappa shape index (κ3) is 5.50. The molecule has 8 nitrogen and oxygen atoms in total. The van der Waals surface area contributed by atoms with Gasteiger partial charge in [-0.25, -0.2) is 9.78 Å². The molecule has 2 aliphatic heterocycles. The van der Waals surface area contributed by atoms with Crippen molar-refractivity contribution in [1.82, 2.24) is 24.8 Å². The van der Waals surface area contributed by atoms with Gasteiger partial charge in [0.1, 0.15) is 5.69 Å². The lowest BCUT2D eigenvalue weighted by atomic mass is 10.0. The van der Waals surface area contributed by atoms with E-state index in [0.29, 0.717) is 17.5 Å². The number of carbonyl (C=O) groups excluding carboxylic acids is 1. The number of nitrogens with zero attached hydrogens (tertiary/aromatic N) is 5. The molecule has 2 aromatic heterocycles. The van der Waals surface area contributed by atoms with Crippen LogP contribution in [0.5, 0.6) is 0 Å². The van der Waals surface area contributed by atoms with Crippen molar-refractivity contribution in [1.29, 1.82) is 0 Å². The molecule has 0 unspecified atom stereocenters. The molecular formula is C19H20F3N5O3. The highest BCUT2D eigenvalue weighted by Gasteiger charge is 2.41. The average molecular weight is 423 g/mol. The molecule has 30 heavy (non-hydrogen) atoms. The van der Waals surface area contributed by atoms with Crippen molar-refractivity contribution in [2.24, 2.45) is 11.8 Å². The molecule has 0 bridgehead atoms. The van der Waals surface area contributed by atoms with E-state index in [9.17, 15) is 18.0 Å². The predicted molar refractivity (Wildman–Crippen MR) is 98.1 cm³/mol. The predicted octanol–water partition coefficient (Wildman–Crippen LogP) is 1.71. The van der Waals surface area contributed by atoms with Crippen molar-refractivity contribution < 1.29 is 27.9 Å². The minimum atomic E-state index is -5.08. The molecule has 2 aromatic rings. The Bertz CT molecular complexity index is 853. The minimum Gasteiger partial charge on any atom is -0.475 e. The summed E-state index contributed by atoms with van der Waals surface area (Å²) in [6, 6.07) is 4.10. The number of amides is 1. The largest absolute Gasteiger partial charge is 0.490 e. The lowest BCUT2D eigenvalue weighted by Gasteiger charge is -2.21. The summed E-state index contributed by atoms with van der Waals surface area (Å²) in [6.45, 7) is 4.68. The van der Waals surface area contributed by atoms with Crippen LogP contribution in [0.25, 0.3) is 0 Å². The Kier molecular flexibility index (Phi) is 6.60. The van der Waals surface area contributed by atoms with Gasteiger partial charge in [-0.15, -0.1) is 0 Å². The summed E-state index contributed by atoms with van der Waals surface area (Å²) in [5.41, 5.74) is 1.69. The Morgan fingerprint density at radius 3 is 2.17 bits per heavy atom. The third-order valence-electron chi connectivity index (χ3n) is 5.00. The summed E-state index contributed by atoms with van der Waals surface area (Å²) < 4.78 is 31.7. The van der Waals surface area contributed by atoms with Crippen molar-refractivity contribution in [2.75, 3.05) is 26.2 Å². The number of hydrogen-bond acceptors (Lipinski definition) is 6. The van der Waals surface area contributed by atoms with E-state index in [1.54, 1.807) is 24.8 Å². The second-order valence-corrected chi connectivity index (χ2v) is 7.18. The van der Waals surface area contributed by atoms with Crippen molar-refractivity contribution >= 4 is 11.9 Å². The lowest BCUT2D eigenvalue weighted by Crippen LogP contribution is -2.33. The molecule has 0 radical (unpaired) electrons. The summed E-state index contributed by atoms with van der Waals surface area (Å²) in [6.07, 6.45) is 3.35. The topological polar surface area (TPSA) is 99.5 Å². The maximum atomic E-state index is 12.5. The van der Waals surface area contributed by atoms with E-state index in [1.807, 2.05) is 17.2 Å². The Morgan fingerprint density at radius 2 is 1.67 bits per heavy atom. The number of fused-ring (bicyclic) bond motifs is 1. The lowest BCUT2D eigenvalue weighted by molar-refractivity contribution is -0.192. The fourth-order valence-corrected chi connectivity index (χ4v) is 3.71. The monoisotopic (exact) mass is 423 g/mol. The van der Waals surface area contributed by atoms with Crippen LogP contribution in [-0.4, -0.2) is 74.1 Å². The number of aliphatic carboxylic acids is 1. The normalized spacial score (nSPS) is 21.0. The van der Waals surface area contributed by atoms with Crippen LogP contribution in [0.2, 0.25) is 0 Å². The van der Waals surface area contributed by atoms with Crippen LogP contribution < -0.4 is 0 Å².